The number of hydrogen-bond acceptors (Lipinski definition) is 6. The molecule has 0 radical (unpaired) electrons. The molecule has 3 aromatic rings. The van der Waals surface area contributed by atoms with E-state index < -0.39 is 0 Å². The molecule has 2 amide bonds. The van der Waals surface area contributed by atoms with Crippen molar-refractivity contribution in [2.75, 3.05) is 42.6 Å². The van der Waals surface area contributed by atoms with Gasteiger partial charge < -0.3 is 19.0 Å². The van der Waals surface area contributed by atoms with Crippen molar-refractivity contribution < 1.29 is 23.5 Å². The summed E-state index contributed by atoms with van der Waals surface area (Å²) in [5.41, 5.74) is 1.96. The Kier molecular flexibility index (Phi) is 6.21. The number of rotatable bonds is 5. The van der Waals surface area contributed by atoms with Crippen molar-refractivity contribution in [2.24, 2.45) is 0 Å². The Morgan fingerprint density at radius 3 is 2.49 bits per heavy atom. The number of hydrogen-bond donors (Lipinski definition) is 0. The van der Waals surface area contributed by atoms with Crippen LogP contribution in [0.5, 0.6) is 5.75 Å². The Bertz CT molecular complexity index is 1300. The van der Waals surface area contributed by atoms with Crippen molar-refractivity contribution in [3.05, 3.63) is 76.7 Å². The molecule has 5 rings (SSSR count). The maximum absolute atomic E-state index is 13.0. The number of piperazine rings is 1. The van der Waals surface area contributed by atoms with Crippen LogP contribution in [0.1, 0.15) is 33.6 Å². The van der Waals surface area contributed by atoms with Crippen LogP contribution in [0, 0.1) is 0 Å². The first-order valence-electron chi connectivity index (χ1n) is 11.4. The molecule has 0 atom stereocenters. The number of Topliss-reactive ketones (excluding diaryl/α,β-unsaturated/α-hetero) is 1. The van der Waals surface area contributed by atoms with Gasteiger partial charge in [-0.3, -0.25) is 19.3 Å². The number of benzene rings is 2. The average molecular weight is 494 g/mol. The lowest BCUT2D eigenvalue weighted by Gasteiger charge is -2.36. The SMILES string of the molecule is CC(=O)c1ccc2c(c1)N(Cc1ccc(C(=O)N3CCN(c4ccccc4Cl)CC3)o1)C(=O)CO2. The normalized spacial score (nSPS) is 15.6. The molecule has 0 spiro atoms. The first kappa shape index (κ1) is 23.0. The second kappa shape index (κ2) is 9.46. The molecule has 0 N–H and O–H groups in total. The van der Waals surface area contributed by atoms with E-state index >= 15 is 0 Å². The fourth-order valence-electron chi connectivity index (χ4n) is 4.34. The zero-order valence-electron chi connectivity index (χ0n) is 19.2. The highest BCUT2D eigenvalue weighted by Gasteiger charge is 2.29. The molecule has 0 aliphatic carbocycles. The lowest BCUT2D eigenvalue weighted by molar-refractivity contribution is -0.121. The number of furan rings is 1. The number of anilines is 2. The molecule has 1 fully saturated rings. The Hall–Kier alpha value is -3.78. The maximum Gasteiger partial charge on any atom is 0.289 e. The van der Waals surface area contributed by atoms with Crippen molar-refractivity contribution in [1.29, 1.82) is 0 Å². The standard InChI is InChI=1S/C26H24ClN3O5/c1-17(31)18-6-8-23-22(14-18)30(25(32)16-34-23)15-19-7-9-24(35-19)26(33)29-12-10-28(11-13-29)21-5-3-2-4-20(21)27/h2-9,14H,10-13,15-16H2,1H3. The number of halogens is 1. The number of carbonyl (C=O) groups is 3. The first-order valence-corrected chi connectivity index (χ1v) is 11.7. The molecular weight excluding hydrogens is 470 g/mol. The first-order chi connectivity index (χ1) is 16.9. The van der Waals surface area contributed by atoms with E-state index in [-0.39, 0.29) is 36.5 Å². The van der Waals surface area contributed by atoms with Crippen LogP contribution in [0.3, 0.4) is 0 Å². The van der Waals surface area contributed by atoms with Gasteiger partial charge in [0.1, 0.15) is 11.5 Å². The lowest BCUT2D eigenvalue weighted by Crippen LogP contribution is -2.48. The van der Waals surface area contributed by atoms with E-state index in [1.165, 1.54) is 11.8 Å². The van der Waals surface area contributed by atoms with Gasteiger partial charge in [-0.15, -0.1) is 0 Å². The zero-order chi connectivity index (χ0) is 24.5. The van der Waals surface area contributed by atoms with Crippen LogP contribution < -0.4 is 14.5 Å². The third-order valence-electron chi connectivity index (χ3n) is 6.25. The summed E-state index contributed by atoms with van der Waals surface area (Å²) in [6.45, 7) is 3.92. The van der Waals surface area contributed by atoms with E-state index in [0.29, 0.717) is 54.0 Å². The van der Waals surface area contributed by atoms with E-state index in [9.17, 15) is 14.4 Å². The fourth-order valence-corrected chi connectivity index (χ4v) is 4.60. The van der Waals surface area contributed by atoms with Gasteiger partial charge in [0.2, 0.25) is 0 Å². The van der Waals surface area contributed by atoms with Crippen molar-refractivity contribution >= 4 is 40.6 Å². The van der Waals surface area contributed by atoms with Crippen molar-refractivity contribution in [3.8, 4) is 5.75 Å². The summed E-state index contributed by atoms with van der Waals surface area (Å²) in [6, 6.07) is 16.0. The Morgan fingerprint density at radius 1 is 0.971 bits per heavy atom. The molecule has 1 saturated heterocycles. The summed E-state index contributed by atoms with van der Waals surface area (Å²) in [7, 11) is 0. The number of ether oxygens (including phenoxy) is 1. The number of nitrogens with zero attached hydrogens (tertiary/aromatic N) is 3. The molecule has 2 aliphatic rings. The van der Waals surface area contributed by atoms with Crippen LogP contribution in [-0.2, 0) is 11.3 Å². The summed E-state index contributed by atoms with van der Waals surface area (Å²) in [6.07, 6.45) is 0. The quantitative estimate of drug-likeness (QED) is 0.499. The summed E-state index contributed by atoms with van der Waals surface area (Å²) >= 11 is 6.31. The predicted molar refractivity (Wildman–Crippen MR) is 131 cm³/mol. The van der Waals surface area contributed by atoms with E-state index in [4.69, 9.17) is 20.8 Å². The minimum absolute atomic E-state index is 0.103. The molecular formula is C26H24ClN3O5. The van der Waals surface area contributed by atoms with Crippen molar-refractivity contribution in [2.45, 2.75) is 13.5 Å². The van der Waals surface area contributed by atoms with Crippen LogP contribution >= 0.6 is 11.6 Å². The van der Waals surface area contributed by atoms with Crippen LogP contribution in [0.4, 0.5) is 11.4 Å². The summed E-state index contributed by atoms with van der Waals surface area (Å²) < 4.78 is 11.3. The van der Waals surface area contributed by atoms with Crippen LogP contribution in [0.15, 0.2) is 59.0 Å². The molecule has 1 aromatic heterocycles. The van der Waals surface area contributed by atoms with E-state index in [2.05, 4.69) is 4.90 Å². The summed E-state index contributed by atoms with van der Waals surface area (Å²) in [5.74, 6) is 0.669. The van der Waals surface area contributed by atoms with Gasteiger partial charge in [0, 0.05) is 31.7 Å². The minimum atomic E-state index is -0.252. The molecule has 0 bridgehead atoms. The number of para-hydroxylation sites is 1. The van der Waals surface area contributed by atoms with Crippen LogP contribution in [0.2, 0.25) is 5.02 Å². The lowest BCUT2D eigenvalue weighted by atomic mass is 10.1. The number of fused-ring (bicyclic) bond motifs is 1. The molecule has 0 saturated carbocycles. The monoisotopic (exact) mass is 493 g/mol. The third kappa shape index (κ3) is 4.61. The van der Waals surface area contributed by atoms with Gasteiger partial charge in [0.05, 0.1) is 22.9 Å². The van der Waals surface area contributed by atoms with Crippen LogP contribution in [0.25, 0.3) is 0 Å². The van der Waals surface area contributed by atoms with Crippen molar-refractivity contribution in [3.63, 3.8) is 0 Å². The van der Waals surface area contributed by atoms with E-state index in [1.807, 2.05) is 24.3 Å². The smallest absolute Gasteiger partial charge is 0.289 e. The topological polar surface area (TPSA) is 83.3 Å². The molecule has 3 heterocycles. The van der Waals surface area contributed by atoms with Gasteiger partial charge in [-0.25, -0.2) is 0 Å². The number of ketones is 1. The highest BCUT2D eigenvalue weighted by Crippen LogP contribution is 2.34. The Morgan fingerprint density at radius 2 is 1.74 bits per heavy atom. The van der Waals surface area contributed by atoms with E-state index in [1.54, 1.807) is 35.2 Å². The predicted octanol–water partition coefficient (Wildman–Crippen LogP) is 4.02. The second-order valence-corrected chi connectivity index (χ2v) is 8.91. The van der Waals surface area contributed by atoms with Gasteiger partial charge in [-0.05, 0) is 49.4 Å². The van der Waals surface area contributed by atoms with Gasteiger partial charge in [-0.2, -0.15) is 0 Å². The molecule has 9 heteroatoms. The summed E-state index contributed by atoms with van der Waals surface area (Å²) in [4.78, 5) is 42.9. The second-order valence-electron chi connectivity index (χ2n) is 8.50. The van der Waals surface area contributed by atoms with E-state index in [0.717, 1.165) is 5.69 Å². The van der Waals surface area contributed by atoms with Gasteiger partial charge >= 0.3 is 0 Å². The fraction of sp³-hybridized carbons (Fsp3) is 0.269. The molecule has 180 valence electrons. The minimum Gasteiger partial charge on any atom is -0.482 e. The highest BCUT2D eigenvalue weighted by atomic mass is 35.5. The number of amides is 2. The highest BCUT2D eigenvalue weighted by molar-refractivity contribution is 6.33. The number of carbonyl (C=O) groups excluding carboxylic acids is 3. The largest absolute Gasteiger partial charge is 0.482 e. The van der Waals surface area contributed by atoms with Crippen molar-refractivity contribution in [1.82, 2.24) is 4.90 Å². The van der Waals surface area contributed by atoms with Gasteiger partial charge in [-0.1, -0.05) is 23.7 Å². The van der Waals surface area contributed by atoms with Crippen LogP contribution in [-0.4, -0.2) is 55.3 Å². The zero-order valence-corrected chi connectivity index (χ0v) is 20.0. The average Bonchev–Trinajstić information content (AvgIpc) is 3.34. The van der Waals surface area contributed by atoms with Gasteiger partial charge in [0.25, 0.3) is 11.8 Å². The summed E-state index contributed by atoms with van der Waals surface area (Å²) in [5, 5.41) is 0.692. The molecule has 0 unspecified atom stereocenters. The molecule has 8 nitrogen and oxygen atoms in total. The molecule has 2 aromatic carbocycles. The maximum atomic E-state index is 13.0. The molecule has 35 heavy (non-hydrogen) atoms. The molecule has 2 aliphatic heterocycles. The third-order valence-corrected chi connectivity index (χ3v) is 6.57. The van der Waals surface area contributed by atoms with Gasteiger partial charge in [0.15, 0.2) is 18.2 Å². The Labute approximate surface area is 207 Å². The Balaban J connectivity index is 1.27.